The lowest BCUT2D eigenvalue weighted by Crippen LogP contribution is -2.31. The van der Waals surface area contributed by atoms with Crippen LogP contribution in [0, 0.1) is 17.2 Å². The molecule has 0 saturated heterocycles. The molecule has 0 spiro atoms. The first-order valence-electron chi connectivity index (χ1n) is 6.67. The molecule has 1 aliphatic heterocycles. The van der Waals surface area contributed by atoms with E-state index < -0.39 is 5.92 Å². The van der Waals surface area contributed by atoms with Gasteiger partial charge in [-0.05, 0) is 11.6 Å². The van der Waals surface area contributed by atoms with Gasteiger partial charge >= 0.3 is 0 Å². The lowest BCUT2D eigenvalue weighted by atomic mass is 9.94. The Kier molecular flexibility index (Phi) is 4.60. The summed E-state index contributed by atoms with van der Waals surface area (Å²) in [4.78, 5) is 24.0. The molecule has 1 aromatic carbocycles. The van der Waals surface area contributed by atoms with Crippen LogP contribution in [-0.4, -0.2) is 23.9 Å². The number of hydrogen-bond donors (Lipinski definition) is 0. The zero-order valence-corrected chi connectivity index (χ0v) is 12.3. The molecular weight excluding hydrogens is 280 g/mol. The number of allylic oxidation sites excluding steroid dienone is 2. The van der Waals surface area contributed by atoms with Gasteiger partial charge in [-0.1, -0.05) is 25.1 Å². The number of benzene rings is 1. The number of carbonyl (C=O) groups excluding carboxylic acids is 2. The van der Waals surface area contributed by atoms with Crippen LogP contribution in [0.4, 0.5) is 0 Å². The number of rotatable bonds is 3. The molecule has 5 heteroatoms. The first-order valence-corrected chi connectivity index (χ1v) is 6.67. The van der Waals surface area contributed by atoms with Crippen molar-refractivity contribution in [2.45, 2.75) is 13.5 Å². The van der Waals surface area contributed by atoms with Crippen molar-refractivity contribution in [2.75, 3.05) is 7.11 Å². The van der Waals surface area contributed by atoms with Crippen molar-refractivity contribution in [1.29, 1.82) is 5.26 Å². The number of methoxy groups -OCH3 is 1. The minimum absolute atomic E-state index is 0.282. The third kappa shape index (κ3) is 2.70. The molecule has 22 heavy (non-hydrogen) atoms. The van der Waals surface area contributed by atoms with Crippen molar-refractivity contribution in [1.82, 2.24) is 4.90 Å². The van der Waals surface area contributed by atoms with Gasteiger partial charge in [0.25, 0.3) is 0 Å². The molecule has 2 rings (SSSR count). The summed E-state index contributed by atoms with van der Waals surface area (Å²) in [5.74, 6) is 3.62. The molecular formula is C17H14N2O3. The number of nitriles is 1. The zero-order chi connectivity index (χ0) is 16.1. The molecule has 0 aliphatic carbocycles. The normalized spacial score (nSPS) is 17.2. The molecule has 5 nitrogen and oxygen atoms in total. The van der Waals surface area contributed by atoms with Gasteiger partial charge in [0.15, 0.2) is 5.88 Å². The van der Waals surface area contributed by atoms with Crippen LogP contribution in [0.5, 0.6) is 0 Å². The van der Waals surface area contributed by atoms with Gasteiger partial charge in [-0.25, -0.2) is 9.59 Å². The topological polar surface area (TPSA) is 70.4 Å². The van der Waals surface area contributed by atoms with Crippen LogP contribution in [0.1, 0.15) is 18.1 Å². The fraction of sp³-hybridized carbons (Fsp3) is 0.235. The van der Waals surface area contributed by atoms with Crippen LogP contribution in [-0.2, 0) is 20.9 Å². The summed E-state index contributed by atoms with van der Waals surface area (Å²) in [7, 11) is 1.45. The molecule has 0 bridgehead atoms. The van der Waals surface area contributed by atoms with E-state index in [-0.39, 0.29) is 12.2 Å². The van der Waals surface area contributed by atoms with E-state index >= 15 is 0 Å². The van der Waals surface area contributed by atoms with E-state index in [2.05, 4.69) is 6.07 Å². The molecule has 0 saturated carbocycles. The number of hydrogen-bond acceptors (Lipinski definition) is 5. The monoisotopic (exact) mass is 294 g/mol. The molecule has 110 valence electrons. The largest absolute Gasteiger partial charge is 0.482 e. The molecule has 1 heterocycles. The maximum atomic E-state index is 11.4. The fourth-order valence-electron chi connectivity index (χ4n) is 2.37. The van der Waals surface area contributed by atoms with Crippen LogP contribution >= 0.6 is 0 Å². The Morgan fingerprint density at radius 3 is 2.59 bits per heavy atom. The van der Waals surface area contributed by atoms with Crippen LogP contribution in [0.15, 0.2) is 47.5 Å². The van der Waals surface area contributed by atoms with Crippen LogP contribution in [0.2, 0.25) is 0 Å². The van der Waals surface area contributed by atoms with E-state index in [1.165, 1.54) is 7.11 Å². The third-order valence-corrected chi connectivity index (χ3v) is 3.61. The smallest absolute Gasteiger partial charge is 0.195 e. The summed E-state index contributed by atoms with van der Waals surface area (Å²) in [5.41, 5.74) is 1.89. The summed E-state index contributed by atoms with van der Waals surface area (Å²) in [5, 5.41) is 9.17. The Labute approximate surface area is 128 Å². The predicted octanol–water partition coefficient (Wildman–Crippen LogP) is 1.97. The second-order valence-corrected chi connectivity index (χ2v) is 4.81. The summed E-state index contributed by atoms with van der Waals surface area (Å²) < 4.78 is 5.27. The fourth-order valence-corrected chi connectivity index (χ4v) is 2.37. The minimum Gasteiger partial charge on any atom is -0.482 e. The van der Waals surface area contributed by atoms with E-state index in [1.807, 2.05) is 24.0 Å². The Morgan fingerprint density at radius 2 is 2.00 bits per heavy atom. The quantitative estimate of drug-likeness (QED) is 0.797. The Morgan fingerprint density at radius 1 is 1.27 bits per heavy atom. The van der Waals surface area contributed by atoms with Gasteiger partial charge in [-0.15, -0.1) is 0 Å². The SMILES string of the molecule is COC1=CC(=C=O)C(C)C(=C=O)N1Cc1ccccc1C#N. The van der Waals surface area contributed by atoms with Crippen LogP contribution in [0.3, 0.4) is 0 Å². The molecule has 1 aromatic rings. The molecule has 1 aliphatic rings. The highest BCUT2D eigenvalue weighted by atomic mass is 16.5. The first-order chi connectivity index (χ1) is 10.7. The highest BCUT2D eigenvalue weighted by molar-refractivity contribution is 5.66. The van der Waals surface area contributed by atoms with Gasteiger partial charge in [0, 0.05) is 12.0 Å². The predicted molar refractivity (Wildman–Crippen MR) is 79.4 cm³/mol. The molecule has 0 amide bonds. The second-order valence-electron chi connectivity index (χ2n) is 4.81. The Bertz CT molecular complexity index is 760. The average Bonchev–Trinajstić information content (AvgIpc) is 2.56. The summed E-state index contributed by atoms with van der Waals surface area (Å²) in [6.45, 7) is 2.01. The molecule has 1 atom stereocenters. The van der Waals surface area contributed by atoms with E-state index in [1.54, 1.807) is 30.0 Å². The minimum atomic E-state index is -0.428. The van der Waals surface area contributed by atoms with Crippen molar-refractivity contribution in [2.24, 2.45) is 5.92 Å². The molecule has 0 fully saturated rings. The highest BCUT2D eigenvalue weighted by Crippen LogP contribution is 2.32. The van der Waals surface area contributed by atoms with E-state index in [4.69, 9.17) is 4.74 Å². The van der Waals surface area contributed by atoms with Gasteiger partial charge in [0.1, 0.15) is 17.6 Å². The first kappa shape index (κ1) is 15.3. The molecule has 0 N–H and O–H groups in total. The number of ether oxygens (including phenoxy) is 1. The van der Waals surface area contributed by atoms with Crippen LogP contribution in [0.25, 0.3) is 0 Å². The summed E-state index contributed by atoms with van der Waals surface area (Å²) in [6, 6.07) is 9.23. The second kappa shape index (κ2) is 6.60. The molecule has 1 unspecified atom stereocenters. The van der Waals surface area contributed by atoms with Gasteiger partial charge < -0.3 is 9.64 Å². The molecule has 0 radical (unpaired) electrons. The van der Waals surface area contributed by atoms with Gasteiger partial charge in [-0.2, -0.15) is 5.26 Å². The highest BCUT2D eigenvalue weighted by Gasteiger charge is 2.30. The zero-order valence-electron chi connectivity index (χ0n) is 12.3. The maximum Gasteiger partial charge on any atom is 0.195 e. The Hall–Kier alpha value is -3.05. The van der Waals surface area contributed by atoms with Crippen molar-refractivity contribution in [3.8, 4) is 6.07 Å². The van der Waals surface area contributed by atoms with Crippen molar-refractivity contribution in [3.63, 3.8) is 0 Å². The van der Waals surface area contributed by atoms with E-state index in [9.17, 15) is 14.9 Å². The van der Waals surface area contributed by atoms with Crippen molar-refractivity contribution in [3.05, 3.63) is 58.6 Å². The average molecular weight is 294 g/mol. The van der Waals surface area contributed by atoms with Gasteiger partial charge in [0.05, 0.1) is 30.9 Å². The van der Waals surface area contributed by atoms with Gasteiger partial charge in [-0.3, -0.25) is 0 Å². The summed E-state index contributed by atoms with van der Waals surface area (Å²) in [6.07, 6.45) is 1.55. The summed E-state index contributed by atoms with van der Waals surface area (Å²) >= 11 is 0. The van der Waals surface area contributed by atoms with E-state index in [0.717, 1.165) is 5.56 Å². The molecule has 0 aromatic heterocycles. The van der Waals surface area contributed by atoms with Crippen molar-refractivity contribution >= 4 is 11.9 Å². The van der Waals surface area contributed by atoms with E-state index in [0.29, 0.717) is 17.0 Å². The third-order valence-electron chi connectivity index (χ3n) is 3.61. The van der Waals surface area contributed by atoms with Crippen molar-refractivity contribution < 1.29 is 14.3 Å². The Balaban J connectivity index is 2.50. The lowest BCUT2D eigenvalue weighted by Gasteiger charge is -2.33. The number of nitrogens with zero attached hydrogens (tertiary/aromatic N) is 2. The lowest BCUT2D eigenvalue weighted by molar-refractivity contribution is 0.162. The standard InChI is InChI=1S/C17H14N2O3/c1-12-15(10-20)7-17(22-2)19(16(12)11-21)9-14-6-4-3-5-13(14)8-18/h3-7,12H,9H2,1-2H3. The van der Waals surface area contributed by atoms with Crippen LogP contribution < -0.4 is 0 Å². The van der Waals surface area contributed by atoms with Gasteiger partial charge in [0.2, 0.25) is 0 Å². The maximum absolute atomic E-state index is 11.4.